The molecule has 28 heavy (non-hydrogen) atoms. The van der Waals surface area contributed by atoms with Crippen molar-refractivity contribution in [1.29, 1.82) is 0 Å². The summed E-state index contributed by atoms with van der Waals surface area (Å²) in [5, 5.41) is 4.02. The summed E-state index contributed by atoms with van der Waals surface area (Å²) >= 11 is 1.45. The molecular formula is C21H28N4O2S. The van der Waals surface area contributed by atoms with Crippen molar-refractivity contribution in [2.45, 2.75) is 62.2 Å². The van der Waals surface area contributed by atoms with Crippen LogP contribution in [0.3, 0.4) is 0 Å². The molecule has 0 radical (unpaired) electrons. The highest BCUT2D eigenvalue weighted by Crippen LogP contribution is 2.25. The Hall–Kier alpha value is -2.02. The van der Waals surface area contributed by atoms with Gasteiger partial charge >= 0.3 is 0 Å². The van der Waals surface area contributed by atoms with Crippen LogP contribution in [0.1, 0.15) is 44.9 Å². The van der Waals surface area contributed by atoms with E-state index in [0.29, 0.717) is 12.3 Å². The minimum absolute atomic E-state index is 0.0263. The lowest BCUT2D eigenvalue weighted by molar-refractivity contribution is -0.137. The molecule has 1 atom stereocenters. The van der Waals surface area contributed by atoms with Crippen LogP contribution in [0.2, 0.25) is 0 Å². The summed E-state index contributed by atoms with van der Waals surface area (Å²) in [5.41, 5.74) is 1.99. The van der Waals surface area contributed by atoms with Gasteiger partial charge in [0.2, 0.25) is 11.8 Å². The first-order valence-electron chi connectivity index (χ1n) is 10.3. The molecule has 2 aliphatic rings. The van der Waals surface area contributed by atoms with Crippen molar-refractivity contribution in [3.8, 4) is 0 Å². The summed E-state index contributed by atoms with van der Waals surface area (Å²) in [6, 6.07) is 7.94. The van der Waals surface area contributed by atoms with Crippen LogP contribution in [-0.2, 0) is 16.6 Å². The molecule has 0 bridgehead atoms. The number of para-hydroxylation sites is 2. The van der Waals surface area contributed by atoms with E-state index in [9.17, 15) is 9.59 Å². The Kier molecular flexibility index (Phi) is 5.90. The summed E-state index contributed by atoms with van der Waals surface area (Å²) in [5.74, 6) is 0.369. The molecule has 2 aromatic rings. The second-order valence-corrected chi connectivity index (χ2v) is 8.76. The number of aromatic nitrogens is 2. The number of hydrogen-bond donors (Lipinski definition) is 1. The Balaban J connectivity index is 1.36. The molecule has 0 spiro atoms. The summed E-state index contributed by atoms with van der Waals surface area (Å²) in [6.45, 7) is 0.671. The molecule has 0 unspecified atom stereocenters. The van der Waals surface area contributed by atoms with Gasteiger partial charge in [-0.3, -0.25) is 9.59 Å². The van der Waals surface area contributed by atoms with Crippen molar-refractivity contribution in [1.82, 2.24) is 19.8 Å². The number of benzene rings is 1. The largest absolute Gasteiger partial charge is 0.352 e. The molecule has 1 aliphatic heterocycles. The van der Waals surface area contributed by atoms with Gasteiger partial charge in [-0.15, -0.1) is 0 Å². The maximum Gasteiger partial charge on any atom is 0.243 e. The number of fused-ring (bicyclic) bond motifs is 1. The minimum Gasteiger partial charge on any atom is -0.352 e. The molecular weight excluding hydrogens is 372 g/mol. The lowest BCUT2D eigenvalue weighted by atomic mass is 9.95. The average Bonchev–Trinajstić information content (AvgIpc) is 3.33. The Morgan fingerprint density at radius 1 is 1.14 bits per heavy atom. The SMILES string of the molecule is Cn1c(SCC(=O)N2CCC[C@H]2C(=O)NC2CCCCC2)nc2ccccc21. The summed E-state index contributed by atoms with van der Waals surface area (Å²) in [6.07, 6.45) is 7.43. The average molecular weight is 401 g/mol. The van der Waals surface area contributed by atoms with Gasteiger partial charge in [-0.1, -0.05) is 43.2 Å². The second-order valence-electron chi connectivity index (χ2n) is 7.82. The zero-order chi connectivity index (χ0) is 19.5. The standard InChI is InChI=1S/C21H28N4O2S/c1-24-17-11-6-5-10-16(17)23-21(24)28-14-19(26)25-13-7-12-18(25)20(27)22-15-8-3-2-4-9-15/h5-6,10-11,15,18H,2-4,7-9,12-14H2,1H3,(H,22,27)/t18-/m0/s1. The third kappa shape index (κ3) is 4.04. The van der Waals surface area contributed by atoms with Crippen molar-refractivity contribution >= 4 is 34.6 Å². The Morgan fingerprint density at radius 2 is 1.93 bits per heavy atom. The number of likely N-dealkylation sites (tertiary alicyclic amines) is 1. The monoisotopic (exact) mass is 400 g/mol. The molecule has 1 saturated heterocycles. The van der Waals surface area contributed by atoms with Gasteiger partial charge in [0, 0.05) is 19.6 Å². The first kappa shape index (κ1) is 19.3. The number of nitrogens with zero attached hydrogens (tertiary/aromatic N) is 3. The molecule has 2 fully saturated rings. The van der Waals surface area contributed by atoms with Crippen molar-refractivity contribution in [2.75, 3.05) is 12.3 Å². The van der Waals surface area contributed by atoms with E-state index >= 15 is 0 Å². The van der Waals surface area contributed by atoms with Gasteiger partial charge in [0.15, 0.2) is 5.16 Å². The van der Waals surface area contributed by atoms with Gasteiger partial charge in [-0.05, 0) is 37.8 Å². The number of rotatable bonds is 5. The number of nitrogens with one attached hydrogen (secondary N) is 1. The highest BCUT2D eigenvalue weighted by atomic mass is 32.2. The van der Waals surface area contributed by atoms with Crippen molar-refractivity contribution in [3.63, 3.8) is 0 Å². The highest BCUT2D eigenvalue weighted by molar-refractivity contribution is 7.99. The first-order chi connectivity index (χ1) is 13.6. The van der Waals surface area contributed by atoms with Gasteiger partial charge in [0.05, 0.1) is 16.8 Å². The number of imidazole rings is 1. The van der Waals surface area contributed by atoms with E-state index in [1.165, 1.54) is 31.0 Å². The molecule has 1 saturated carbocycles. The van der Waals surface area contributed by atoms with E-state index in [1.54, 1.807) is 4.90 Å². The van der Waals surface area contributed by atoms with Crippen LogP contribution < -0.4 is 5.32 Å². The maximum absolute atomic E-state index is 12.8. The number of carbonyl (C=O) groups is 2. The summed E-state index contributed by atoms with van der Waals surface area (Å²) in [7, 11) is 1.97. The fourth-order valence-electron chi connectivity index (χ4n) is 4.34. The third-order valence-corrected chi connectivity index (χ3v) is 6.91. The van der Waals surface area contributed by atoms with E-state index in [-0.39, 0.29) is 23.9 Å². The second kappa shape index (κ2) is 8.55. The van der Waals surface area contributed by atoms with Gasteiger partial charge in [-0.25, -0.2) is 4.98 Å². The van der Waals surface area contributed by atoms with Crippen LogP contribution in [0.15, 0.2) is 29.4 Å². The Bertz CT molecular complexity index is 859. The van der Waals surface area contributed by atoms with Gasteiger partial charge in [-0.2, -0.15) is 0 Å². The fourth-order valence-corrected chi connectivity index (χ4v) is 5.22. The minimum atomic E-state index is -0.310. The number of thioether (sulfide) groups is 1. The molecule has 4 rings (SSSR count). The summed E-state index contributed by atoms with van der Waals surface area (Å²) < 4.78 is 2.02. The number of hydrogen-bond acceptors (Lipinski definition) is 4. The van der Waals surface area contributed by atoms with Crippen LogP contribution in [-0.4, -0.2) is 50.6 Å². The van der Waals surface area contributed by atoms with E-state index in [4.69, 9.17) is 0 Å². The predicted molar refractivity (Wildman–Crippen MR) is 111 cm³/mol. The van der Waals surface area contributed by atoms with Crippen molar-refractivity contribution in [2.24, 2.45) is 7.05 Å². The van der Waals surface area contributed by atoms with E-state index in [0.717, 1.165) is 41.9 Å². The zero-order valence-corrected chi connectivity index (χ0v) is 17.2. The third-order valence-electron chi connectivity index (χ3n) is 5.90. The van der Waals surface area contributed by atoms with E-state index in [2.05, 4.69) is 10.3 Å². The maximum atomic E-state index is 12.8. The van der Waals surface area contributed by atoms with Crippen LogP contribution in [0.4, 0.5) is 0 Å². The first-order valence-corrected chi connectivity index (χ1v) is 11.3. The Morgan fingerprint density at radius 3 is 2.71 bits per heavy atom. The Labute approximate surface area is 170 Å². The van der Waals surface area contributed by atoms with Crippen LogP contribution in [0, 0.1) is 0 Å². The molecule has 2 heterocycles. The van der Waals surface area contributed by atoms with E-state index in [1.807, 2.05) is 35.9 Å². The predicted octanol–water partition coefficient (Wildman–Crippen LogP) is 3.11. The van der Waals surface area contributed by atoms with Crippen molar-refractivity contribution < 1.29 is 9.59 Å². The molecule has 2 amide bonds. The highest BCUT2D eigenvalue weighted by Gasteiger charge is 2.35. The molecule has 7 heteroatoms. The quantitative estimate of drug-likeness (QED) is 0.783. The molecule has 1 aliphatic carbocycles. The number of aryl methyl sites for hydroxylation is 1. The van der Waals surface area contributed by atoms with E-state index < -0.39 is 0 Å². The fraction of sp³-hybridized carbons (Fsp3) is 0.571. The van der Waals surface area contributed by atoms with Gasteiger partial charge in [0.25, 0.3) is 0 Å². The lowest BCUT2D eigenvalue weighted by Crippen LogP contribution is -2.49. The smallest absolute Gasteiger partial charge is 0.243 e. The van der Waals surface area contributed by atoms with Crippen LogP contribution in [0.5, 0.6) is 0 Å². The number of carbonyl (C=O) groups excluding carboxylic acids is 2. The normalized spacial score (nSPS) is 20.6. The zero-order valence-electron chi connectivity index (χ0n) is 16.4. The van der Waals surface area contributed by atoms with Gasteiger partial charge in [0.1, 0.15) is 6.04 Å². The molecule has 1 N–H and O–H groups in total. The topological polar surface area (TPSA) is 67.2 Å². The van der Waals surface area contributed by atoms with Crippen LogP contribution in [0.25, 0.3) is 11.0 Å². The van der Waals surface area contributed by atoms with Gasteiger partial charge < -0.3 is 14.8 Å². The lowest BCUT2D eigenvalue weighted by Gasteiger charge is -2.28. The van der Waals surface area contributed by atoms with Crippen molar-refractivity contribution in [3.05, 3.63) is 24.3 Å². The molecule has 6 nitrogen and oxygen atoms in total. The molecule has 150 valence electrons. The van der Waals surface area contributed by atoms with Crippen LogP contribution >= 0.6 is 11.8 Å². The summed E-state index contributed by atoms with van der Waals surface area (Å²) in [4.78, 5) is 32.0. The number of amides is 2. The molecule has 1 aromatic carbocycles. The molecule has 1 aromatic heterocycles.